The summed E-state index contributed by atoms with van der Waals surface area (Å²) in [5.74, 6) is -0.935. The van der Waals surface area contributed by atoms with Crippen molar-refractivity contribution in [3.8, 4) is 0 Å². The third-order valence-electron chi connectivity index (χ3n) is 3.75. The summed E-state index contributed by atoms with van der Waals surface area (Å²) < 4.78 is 0. The van der Waals surface area contributed by atoms with Gasteiger partial charge in [-0.2, -0.15) is 10.2 Å². The molecule has 1 heterocycles. The van der Waals surface area contributed by atoms with E-state index >= 15 is 0 Å². The third kappa shape index (κ3) is 2.43. The van der Waals surface area contributed by atoms with Gasteiger partial charge in [-0.15, -0.1) is 0 Å². The van der Waals surface area contributed by atoms with Crippen molar-refractivity contribution in [3.05, 3.63) is 70.2 Å². The van der Waals surface area contributed by atoms with Gasteiger partial charge < -0.3 is 5.11 Å². The molecule has 0 aliphatic carbocycles. The lowest BCUT2D eigenvalue weighted by Crippen LogP contribution is -2.23. The molecule has 2 aromatic rings. The van der Waals surface area contributed by atoms with Crippen LogP contribution in [0.2, 0.25) is 5.02 Å². The lowest BCUT2D eigenvalue weighted by atomic mass is 9.81. The smallest absolute Gasteiger partial charge is 0.335 e. The quantitative estimate of drug-likeness (QED) is 0.926. The van der Waals surface area contributed by atoms with Crippen molar-refractivity contribution in [1.29, 1.82) is 0 Å². The van der Waals surface area contributed by atoms with E-state index in [2.05, 4.69) is 10.2 Å². The molecule has 0 saturated heterocycles. The fraction of sp³-hybridized carbons (Fsp3) is 0.188. The standard InChI is InChI=1S/C16H13ClN2O2/c17-14-7-5-13(6-8-14)16(9-10-18-19-16)12-3-1-11(2-4-12)15(20)21/h1-8H,9-10H2,(H,20,21). The van der Waals surface area contributed by atoms with Gasteiger partial charge in [0.05, 0.1) is 12.1 Å². The number of carboxylic acid groups (broad SMARTS) is 1. The molecule has 0 amide bonds. The molecule has 3 rings (SSSR count). The number of rotatable bonds is 3. The fourth-order valence-corrected chi connectivity index (χ4v) is 2.74. The Labute approximate surface area is 127 Å². The van der Waals surface area contributed by atoms with Crippen molar-refractivity contribution < 1.29 is 9.90 Å². The van der Waals surface area contributed by atoms with E-state index in [9.17, 15) is 4.79 Å². The highest BCUT2D eigenvalue weighted by atomic mass is 35.5. The number of aromatic carboxylic acids is 1. The number of carboxylic acids is 1. The molecular weight excluding hydrogens is 288 g/mol. The van der Waals surface area contributed by atoms with E-state index in [1.165, 1.54) is 0 Å². The van der Waals surface area contributed by atoms with Gasteiger partial charge in [0.1, 0.15) is 5.54 Å². The van der Waals surface area contributed by atoms with Crippen LogP contribution in [0.25, 0.3) is 0 Å². The van der Waals surface area contributed by atoms with E-state index in [-0.39, 0.29) is 5.56 Å². The minimum absolute atomic E-state index is 0.264. The first-order valence-corrected chi connectivity index (χ1v) is 6.98. The Balaban J connectivity index is 2.07. The summed E-state index contributed by atoms with van der Waals surface area (Å²) in [7, 11) is 0. The Bertz CT molecular complexity index is 695. The van der Waals surface area contributed by atoms with Crippen molar-refractivity contribution in [3.63, 3.8) is 0 Å². The number of hydrogen-bond donors (Lipinski definition) is 1. The van der Waals surface area contributed by atoms with Crippen molar-refractivity contribution >= 4 is 17.6 Å². The van der Waals surface area contributed by atoms with E-state index in [1.54, 1.807) is 12.1 Å². The maximum absolute atomic E-state index is 11.0. The monoisotopic (exact) mass is 300 g/mol. The predicted molar refractivity (Wildman–Crippen MR) is 80.0 cm³/mol. The van der Waals surface area contributed by atoms with Crippen LogP contribution in [-0.2, 0) is 5.54 Å². The zero-order valence-corrected chi connectivity index (χ0v) is 11.9. The highest BCUT2D eigenvalue weighted by molar-refractivity contribution is 6.30. The van der Waals surface area contributed by atoms with E-state index in [1.807, 2.05) is 36.4 Å². The molecule has 0 saturated carbocycles. The van der Waals surface area contributed by atoms with Crippen LogP contribution in [0.15, 0.2) is 58.8 Å². The number of azo groups is 1. The average Bonchev–Trinajstić information content (AvgIpc) is 2.99. The van der Waals surface area contributed by atoms with Gasteiger partial charge in [0.15, 0.2) is 0 Å². The molecule has 106 valence electrons. The van der Waals surface area contributed by atoms with Crippen LogP contribution in [0.3, 0.4) is 0 Å². The van der Waals surface area contributed by atoms with Crippen LogP contribution in [0.4, 0.5) is 0 Å². The number of nitrogens with zero attached hydrogens (tertiary/aromatic N) is 2. The van der Waals surface area contributed by atoms with E-state index in [0.717, 1.165) is 17.5 Å². The summed E-state index contributed by atoms with van der Waals surface area (Å²) in [4.78, 5) is 11.0. The Morgan fingerprint density at radius 3 is 2.10 bits per heavy atom. The van der Waals surface area contributed by atoms with Gasteiger partial charge in [-0.3, -0.25) is 0 Å². The maximum Gasteiger partial charge on any atom is 0.335 e. The predicted octanol–water partition coefficient (Wildman–Crippen LogP) is 4.14. The van der Waals surface area contributed by atoms with Crippen LogP contribution >= 0.6 is 11.6 Å². The SMILES string of the molecule is O=C(O)c1ccc(C2(c3ccc(Cl)cc3)CCN=N2)cc1. The Kier molecular flexibility index (Phi) is 3.47. The number of hydrogen-bond acceptors (Lipinski definition) is 3. The normalized spacial score (nSPS) is 20.6. The molecule has 5 heteroatoms. The van der Waals surface area contributed by atoms with Crippen LogP contribution < -0.4 is 0 Å². The molecule has 0 bridgehead atoms. The van der Waals surface area contributed by atoms with Gasteiger partial charge in [-0.25, -0.2) is 4.79 Å². The largest absolute Gasteiger partial charge is 0.478 e. The zero-order valence-electron chi connectivity index (χ0n) is 11.2. The fourth-order valence-electron chi connectivity index (χ4n) is 2.62. The van der Waals surface area contributed by atoms with Crippen LogP contribution in [0.1, 0.15) is 27.9 Å². The lowest BCUT2D eigenvalue weighted by molar-refractivity contribution is 0.0697. The molecule has 1 N–H and O–H groups in total. The van der Waals surface area contributed by atoms with E-state index < -0.39 is 11.5 Å². The molecule has 21 heavy (non-hydrogen) atoms. The van der Waals surface area contributed by atoms with Gasteiger partial charge in [-0.1, -0.05) is 35.9 Å². The lowest BCUT2D eigenvalue weighted by Gasteiger charge is -2.25. The summed E-state index contributed by atoms with van der Waals surface area (Å²) >= 11 is 5.95. The van der Waals surface area contributed by atoms with Crippen molar-refractivity contribution in [2.24, 2.45) is 10.2 Å². The molecule has 0 spiro atoms. The van der Waals surface area contributed by atoms with Crippen molar-refractivity contribution in [1.82, 2.24) is 0 Å². The molecule has 0 radical (unpaired) electrons. The second kappa shape index (κ2) is 5.30. The maximum atomic E-state index is 11.0. The molecule has 1 aliphatic rings. The molecule has 2 aromatic carbocycles. The summed E-state index contributed by atoms with van der Waals surface area (Å²) in [6.45, 7) is 0.656. The van der Waals surface area contributed by atoms with E-state index in [0.29, 0.717) is 11.6 Å². The highest BCUT2D eigenvalue weighted by Gasteiger charge is 2.37. The topological polar surface area (TPSA) is 62.0 Å². The summed E-state index contributed by atoms with van der Waals surface area (Å²) in [5.41, 5.74) is 1.67. The zero-order chi connectivity index (χ0) is 14.9. The highest BCUT2D eigenvalue weighted by Crippen LogP contribution is 2.41. The molecule has 1 atom stereocenters. The Morgan fingerprint density at radius 1 is 1.05 bits per heavy atom. The number of benzene rings is 2. The molecular formula is C16H13ClN2O2. The minimum Gasteiger partial charge on any atom is -0.478 e. The Morgan fingerprint density at radius 2 is 1.62 bits per heavy atom. The Hall–Kier alpha value is -2.20. The van der Waals surface area contributed by atoms with Gasteiger partial charge >= 0.3 is 5.97 Å². The molecule has 4 nitrogen and oxygen atoms in total. The molecule has 1 aliphatic heterocycles. The molecule has 0 fully saturated rings. The number of halogens is 1. The van der Waals surface area contributed by atoms with Crippen LogP contribution in [-0.4, -0.2) is 17.6 Å². The minimum atomic E-state index is -0.935. The molecule has 0 aromatic heterocycles. The summed E-state index contributed by atoms with van der Waals surface area (Å²) in [6.07, 6.45) is 0.765. The number of carbonyl (C=O) groups is 1. The van der Waals surface area contributed by atoms with E-state index in [4.69, 9.17) is 16.7 Å². The molecule has 1 unspecified atom stereocenters. The van der Waals surface area contributed by atoms with Crippen molar-refractivity contribution in [2.75, 3.05) is 6.54 Å². The van der Waals surface area contributed by atoms with Gasteiger partial charge in [0, 0.05) is 11.4 Å². The average molecular weight is 301 g/mol. The first-order chi connectivity index (χ1) is 10.1. The van der Waals surface area contributed by atoms with Crippen molar-refractivity contribution in [2.45, 2.75) is 12.0 Å². The summed E-state index contributed by atoms with van der Waals surface area (Å²) in [6, 6.07) is 14.4. The summed E-state index contributed by atoms with van der Waals surface area (Å²) in [5, 5.41) is 18.3. The van der Waals surface area contributed by atoms with Gasteiger partial charge in [-0.05, 0) is 35.4 Å². The third-order valence-corrected chi connectivity index (χ3v) is 4.00. The second-order valence-corrected chi connectivity index (χ2v) is 5.40. The van der Waals surface area contributed by atoms with Crippen LogP contribution in [0, 0.1) is 0 Å². The van der Waals surface area contributed by atoms with Crippen LogP contribution in [0.5, 0.6) is 0 Å². The first kappa shape index (κ1) is 13.8. The first-order valence-electron chi connectivity index (χ1n) is 6.60. The second-order valence-electron chi connectivity index (χ2n) is 4.96. The van der Waals surface area contributed by atoms with Gasteiger partial charge in [0.25, 0.3) is 0 Å². The van der Waals surface area contributed by atoms with Gasteiger partial charge in [0.2, 0.25) is 0 Å².